The number of anilines is 1. The molecule has 0 radical (unpaired) electrons. The molecule has 2 atom stereocenters. The Morgan fingerprint density at radius 2 is 1.90 bits per heavy atom. The highest BCUT2D eigenvalue weighted by Crippen LogP contribution is 2.34. The molecule has 4 aliphatic rings. The van der Waals surface area contributed by atoms with Gasteiger partial charge >= 0.3 is 0 Å². The van der Waals surface area contributed by atoms with Crippen molar-refractivity contribution in [1.82, 2.24) is 15.2 Å². The first-order chi connectivity index (χ1) is 14.7. The summed E-state index contributed by atoms with van der Waals surface area (Å²) in [6, 6.07) is 8.02. The van der Waals surface area contributed by atoms with Gasteiger partial charge in [0.25, 0.3) is 5.91 Å². The topological polar surface area (TPSA) is 66.9 Å². The number of aromatic nitrogens is 1. The number of nitrogens with one attached hydrogen (secondary N) is 1. The van der Waals surface area contributed by atoms with E-state index in [9.17, 15) is 4.79 Å². The lowest BCUT2D eigenvalue weighted by Crippen LogP contribution is -2.62. The Balaban J connectivity index is 1.19. The van der Waals surface area contributed by atoms with Gasteiger partial charge in [-0.3, -0.25) is 9.69 Å². The summed E-state index contributed by atoms with van der Waals surface area (Å²) < 4.78 is 11.3. The normalized spacial score (nSPS) is 28.4. The molecule has 4 fully saturated rings. The van der Waals surface area contributed by atoms with E-state index < -0.39 is 0 Å². The Hall–Kier alpha value is -2.16. The second-order valence-electron chi connectivity index (χ2n) is 8.30. The van der Waals surface area contributed by atoms with E-state index in [-0.39, 0.29) is 11.9 Å². The molecule has 6 rings (SSSR count). The third-order valence-corrected chi connectivity index (χ3v) is 7.50. The van der Waals surface area contributed by atoms with Crippen LogP contribution in [0.3, 0.4) is 0 Å². The second-order valence-corrected chi connectivity index (χ2v) is 9.27. The number of carbonyl (C=O) groups is 1. The smallest absolute Gasteiger partial charge is 0.251 e. The van der Waals surface area contributed by atoms with Crippen LogP contribution in [0.25, 0.3) is 0 Å². The minimum absolute atomic E-state index is 0.000422. The van der Waals surface area contributed by atoms with Crippen molar-refractivity contribution in [3.05, 3.63) is 36.0 Å². The number of fused-ring (bicyclic) bond motifs is 3. The van der Waals surface area contributed by atoms with Crippen LogP contribution in [0, 0.1) is 5.92 Å². The van der Waals surface area contributed by atoms with Crippen LogP contribution in [0.15, 0.2) is 30.5 Å². The number of hydrogen-bond donors (Lipinski definition) is 1. The van der Waals surface area contributed by atoms with E-state index in [1.165, 1.54) is 24.2 Å². The number of thiazole rings is 1. The maximum absolute atomic E-state index is 12.8. The molecule has 7 nitrogen and oxygen atoms in total. The summed E-state index contributed by atoms with van der Waals surface area (Å²) in [6.45, 7) is 7.73. The molecule has 4 aliphatic heterocycles. The van der Waals surface area contributed by atoms with E-state index in [0.717, 1.165) is 49.6 Å². The molecule has 2 aromatic rings. The number of amides is 1. The molecule has 0 aliphatic carbocycles. The standard InChI is InChI=1S/C22H28N4O3S/c1-15-20(16-6-8-25(15)9-7-16)24-21(27)17-2-4-18(5-3-17)29-19-14-23-22(30-19)26-10-12-28-13-11-26/h2-5,14-16,20H,6-13H2,1H3,(H,24,27)/t15-,20+/m1/s1. The number of hydrogen-bond acceptors (Lipinski definition) is 7. The van der Waals surface area contributed by atoms with E-state index in [1.54, 1.807) is 6.20 Å². The van der Waals surface area contributed by atoms with Gasteiger partial charge in [0, 0.05) is 30.7 Å². The largest absolute Gasteiger partial charge is 0.445 e. The zero-order valence-electron chi connectivity index (χ0n) is 17.3. The Morgan fingerprint density at radius 3 is 2.60 bits per heavy atom. The molecule has 2 bridgehead atoms. The minimum atomic E-state index is -0.000422. The van der Waals surface area contributed by atoms with E-state index in [0.29, 0.717) is 23.3 Å². The number of morpholine rings is 1. The average Bonchev–Trinajstić information content (AvgIpc) is 3.26. The summed E-state index contributed by atoms with van der Waals surface area (Å²) in [5.74, 6) is 1.31. The molecular formula is C22H28N4O3S. The predicted molar refractivity (Wildman–Crippen MR) is 117 cm³/mol. The highest BCUT2D eigenvalue weighted by molar-refractivity contribution is 7.17. The number of nitrogens with zero attached hydrogens (tertiary/aromatic N) is 3. The number of benzene rings is 1. The first kappa shape index (κ1) is 19.8. The molecule has 5 heterocycles. The van der Waals surface area contributed by atoms with Crippen molar-refractivity contribution in [3.63, 3.8) is 0 Å². The molecular weight excluding hydrogens is 400 g/mol. The first-order valence-electron chi connectivity index (χ1n) is 10.8. The van der Waals surface area contributed by atoms with Crippen molar-refractivity contribution in [2.45, 2.75) is 31.8 Å². The van der Waals surface area contributed by atoms with Gasteiger partial charge in [0.2, 0.25) is 5.06 Å². The molecule has 1 aromatic heterocycles. The lowest BCUT2D eigenvalue weighted by atomic mass is 9.79. The second kappa shape index (κ2) is 8.53. The van der Waals surface area contributed by atoms with Crippen molar-refractivity contribution in [2.24, 2.45) is 5.92 Å². The van der Waals surface area contributed by atoms with E-state index in [1.807, 2.05) is 24.3 Å². The van der Waals surface area contributed by atoms with E-state index in [4.69, 9.17) is 9.47 Å². The molecule has 1 aromatic carbocycles. The molecule has 1 amide bonds. The average molecular weight is 429 g/mol. The molecule has 0 unspecified atom stereocenters. The van der Waals surface area contributed by atoms with Crippen LogP contribution in [0.1, 0.15) is 30.1 Å². The summed E-state index contributed by atoms with van der Waals surface area (Å²) in [7, 11) is 0. The van der Waals surface area contributed by atoms with Gasteiger partial charge in [0.05, 0.1) is 19.4 Å². The van der Waals surface area contributed by atoms with Gasteiger partial charge in [-0.1, -0.05) is 11.3 Å². The molecule has 160 valence electrons. The van der Waals surface area contributed by atoms with Gasteiger partial charge in [-0.05, 0) is 63.0 Å². The number of ether oxygens (including phenoxy) is 2. The van der Waals surface area contributed by atoms with Crippen molar-refractivity contribution in [3.8, 4) is 10.8 Å². The fourth-order valence-electron chi connectivity index (χ4n) is 4.77. The zero-order valence-corrected chi connectivity index (χ0v) is 18.1. The van der Waals surface area contributed by atoms with Crippen LogP contribution in [0.5, 0.6) is 10.8 Å². The molecule has 0 saturated carbocycles. The van der Waals surface area contributed by atoms with Crippen LogP contribution in [0.4, 0.5) is 5.13 Å². The van der Waals surface area contributed by atoms with Crippen molar-refractivity contribution in [2.75, 3.05) is 44.3 Å². The predicted octanol–water partition coefficient (Wildman–Crippen LogP) is 2.98. The third kappa shape index (κ3) is 4.04. The maximum atomic E-state index is 12.8. The third-order valence-electron chi connectivity index (χ3n) is 6.56. The van der Waals surface area contributed by atoms with Crippen molar-refractivity contribution >= 4 is 22.4 Å². The highest BCUT2D eigenvalue weighted by atomic mass is 32.1. The van der Waals surface area contributed by atoms with E-state index in [2.05, 4.69) is 27.0 Å². The van der Waals surface area contributed by atoms with E-state index >= 15 is 0 Å². The number of carbonyl (C=O) groups excluding carboxylic acids is 1. The molecule has 30 heavy (non-hydrogen) atoms. The van der Waals surface area contributed by atoms with Crippen molar-refractivity contribution in [1.29, 1.82) is 0 Å². The fraction of sp³-hybridized carbons (Fsp3) is 0.545. The monoisotopic (exact) mass is 428 g/mol. The SMILES string of the molecule is C[C@@H]1[C@H](NC(=O)c2ccc(Oc3cnc(N4CCOCC4)s3)cc2)C2CCN1CC2. The van der Waals surface area contributed by atoms with Crippen LogP contribution in [0.2, 0.25) is 0 Å². The summed E-state index contributed by atoms with van der Waals surface area (Å²) in [4.78, 5) is 22.0. The first-order valence-corrected chi connectivity index (χ1v) is 11.6. The van der Waals surface area contributed by atoms with Crippen molar-refractivity contribution < 1.29 is 14.3 Å². The van der Waals surface area contributed by atoms with Gasteiger partial charge < -0.3 is 19.7 Å². The zero-order chi connectivity index (χ0) is 20.5. The van der Waals surface area contributed by atoms with Crippen LogP contribution in [-0.4, -0.2) is 67.3 Å². The highest BCUT2D eigenvalue weighted by Gasteiger charge is 2.40. The molecule has 8 heteroatoms. The van der Waals surface area contributed by atoms with Crippen LogP contribution >= 0.6 is 11.3 Å². The van der Waals surface area contributed by atoms with Gasteiger partial charge in [-0.25, -0.2) is 4.98 Å². The number of piperidine rings is 3. The Labute approximate surface area is 181 Å². The summed E-state index contributed by atoms with van der Waals surface area (Å²) in [5.41, 5.74) is 0.671. The minimum Gasteiger partial charge on any atom is -0.445 e. The molecule has 4 saturated heterocycles. The van der Waals surface area contributed by atoms with Gasteiger partial charge in [-0.2, -0.15) is 0 Å². The Morgan fingerprint density at radius 1 is 1.17 bits per heavy atom. The quantitative estimate of drug-likeness (QED) is 0.790. The van der Waals surface area contributed by atoms with Gasteiger partial charge in [0.15, 0.2) is 5.13 Å². The lowest BCUT2D eigenvalue weighted by molar-refractivity contribution is 0.0217. The maximum Gasteiger partial charge on any atom is 0.251 e. The summed E-state index contributed by atoms with van der Waals surface area (Å²) >= 11 is 1.53. The van der Waals surface area contributed by atoms with Crippen LogP contribution in [-0.2, 0) is 4.74 Å². The lowest BCUT2D eigenvalue weighted by Gasteiger charge is -2.49. The summed E-state index contributed by atoms with van der Waals surface area (Å²) in [6.07, 6.45) is 4.12. The van der Waals surface area contributed by atoms with Gasteiger partial charge in [0.1, 0.15) is 5.75 Å². The Kier molecular flexibility index (Phi) is 5.62. The molecule has 0 spiro atoms. The Bertz CT molecular complexity index is 871. The number of rotatable bonds is 5. The fourth-order valence-corrected chi connectivity index (χ4v) is 5.61. The molecule has 1 N–H and O–H groups in total. The van der Waals surface area contributed by atoms with Gasteiger partial charge in [-0.15, -0.1) is 0 Å². The summed E-state index contributed by atoms with van der Waals surface area (Å²) in [5, 5.41) is 4.98. The van der Waals surface area contributed by atoms with Crippen LogP contribution < -0.4 is 15.0 Å².